The third-order valence-electron chi connectivity index (χ3n) is 3.40. The molecule has 3 heteroatoms. The summed E-state index contributed by atoms with van der Waals surface area (Å²) in [7, 11) is 0. The summed E-state index contributed by atoms with van der Waals surface area (Å²) in [4.78, 5) is 11.9. The summed E-state index contributed by atoms with van der Waals surface area (Å²) in [6.45, 7) is 3.30. The van der Waals surface area contributed by atoms with Gasteiger partial charge in [0, 0.05) is 6.61 Å². The third kappa shape index (κ3) is 4.35. The van der Waals surface area contributed by atoms with E-state index in [1.807, 2.05) is 24.3 Å². The van der Waals surface area contributed by atoms with Crippen LogP contribution in [-0.2, 0) is 15.9 Å². The minimum Gasteiger partial charge on any atom is -0.459 e. The summed E-state index contributed by atoms with van der Waals surface area (Å²) in [5, 5.41) is 0. The number of carbonyl (C=O) groups excluding carboxylic acids is 1. The van der Waals surface area contributed by atoms with Crippen LogP contribution in [0.4, 0.5) is 0 Å². The van der Waals surface area contributed by atoms with E-state index in [1.54, 1.807) is 0 Å². The molecule has 0 amide bonds. The lowest BCUT2D eigenvalue weighted by Gasteiger charge is -2.22. The van der Waals surface area contributed by atoms with Crippen LogP contribution in [0.25, 0.3) is 0 Å². The van der Waals surface area contributed by atoms with Gasteiger partial charge < -0.3 is 9.47 Å². The molecule has 0 N–H and O–H groups in total. The van der Waals surface area contributed by atoms with E-state index in [1.165, 1.54) is 5.56 Å². The molecule has 0 bridgehead atoms. The minimum atomic E-state index is -0.253. The van der Waals surface area contributed by atoms with Crippen molar-refractivity contribution in [1.29, 1.82) is 0 Å². The lowest BCUT2D eigenvalue weighted by molar-refractivity contribution is -0.0300. The van der Waals surface area contributed by atoms with Crippen LogP contribution in [0.5, 0.6) is 0 Å². The van der Waals surface area contributed by atoms with Gasteiger partial charge in [0.1, 0.15) is 6.61 Å². The first-order valence-corrected chi connectivity index (χ1v) is 7.17. The van der Waals surface area contributed by atoms with Crippen LogP contribution in [0.2, 0.25) is 0 Å². The van der Waals surface area contributed by atoms with Crippen molar-refractivity contribution in [2.45, 2.75) is 45.1 Å². The van der Waals surface area contributed by atoms with Gasteiger partial charge in [-0.2, -0.15) is 0 Å². The summed E-state index contributed by atoms with van der Waals surface area (Å²) < 4.78 is 10.8. The molecule has 0 aliphatic carbocycles. The van der Waals surface area contributed by atoms with Crippen molar-refractivity contribution in [3.8, 4) is 0 Å². The van der Waals surface area contributed by atoms with Gasteiger partial charge in [-0.1, -0.05) is 25.5 Å². The number of hydrogen-bond donors (Lipinski definition) is 0. The van der Waals surface area contributed by atoms with Gasteiger partial charge in [-0.25, -0.2) is 4.79 Å². The first-order chi connectivity index (χ1) is 9.29. The van der Waals surface area contributed by atoms with Gasteiger partial charge in [0.2, 0.25) is 0 Å². The standard InChI is InChI=1S/C16H22O3/c1-2-5-13-7-9-14(10-8-13)16(17)19-12-15-6-3-4-11-18-15/h7-10,15H,2-6,11-12H2,1H3. The van der Waals surface area contributed by atoms with Gasteiger partial charge in [0.25, 0.3) is 0 Å². The maximum absolute atomic E-state index is 11.9. The Labute approximate surface area is 114 Å². The first-order valence-electron chi connectivity index (χ1n) is 7.17. The Kier molecular flexibility index (Phi) is 5.40. The number of rotatable bonds is 5. The van der Waals surface area contributed by atoms with Gasteiger partial charge in [-0.05, 0) is 43.4 Å². The summed E-state index contributed by atoms with van der Waals surface area (Å²) in [5.41, 5.74) is 1.88. The molecule has 0 spiro atoms. The van der Waals surface area contributed by atoms with Crippen molar-refractivity contribution >= 4 is 5.97 Å². The molecule has 1 saturated heterocycles. The Morgan fingerprint density at radius 3 is 2.74 bits per heavy atom. The van der Waals surface area contributed by atoms with Crippen LogP contribution in [-0.4, -0.2) is 25.3 Å². The van der Waals surface area contributed by atoms with E-state index in [4.69, 9.17) is 9.47 Å². The van der Waals surface area contributed by atoms with E-state index < -0.39 is 0 Å². The SMILES string of the molecule is CCCc1ccc(C(=O)OCC2CCCCO2)cc1. The molecule has 0 radical (unpaired) electrons. The number of ether oxygens (including phenoxy) is 2. The smallest absolute Gasteiger partial charge is 0.338 e. The molecule has 1 aromatic rings. The van der Waals surface area contributed by atoms with Crippen molar-refractivity contribution in [1.82, 2.24) is 0 Å². The molecule has 0 saturated carbocycles. The second-order valence-corrected chi connectivity index (χ2v) is 5.03. The first kappa shape index (κ1) is 14.1. The lowest BCUT2D eigenvalue weighted by Crippen LogP contribution is -2.25. The average molecular weight is 262 g/mol. The van der Waals surface area contributed by atoms with Crippen molar-refractivity contribution < 1.29 is 14.3 Å². The highest BCUT2D eigenvalue weighted by atomic mass is 16.6. The molecule has 1 unspecified atom stereocenters. The van der Waals surface area contributed by atoms with Crippen LogP contribution in [0.1, 0.15) is 48.5 Å². The molecule has 1 aromatic carbocycles. The molecule has 1 heterocycles. The predicted octanol–water partition coefficient (Wildman–Crippen LogP) is 3.37. The van der Waals surface area contributed by atoms with Crippen LogP contribution in [0.15, 0.2) is 24.3 Å². The Balaban J connectivity index is 1.81. The predicted molar refractivity (Wildman–Crippen MR) is 74.3 cm³/mol. The molecular weight excluding hydrogens is 240 g/mol. The van der Waals surface area contributed by atoms with Crippen molar-refractivity contribution in [2.24, 2.45) is 0 Å². The molecule has 1 aliphatic rings. The van der Waals surface area contributed by atoms with Crippen LogP contribution < -0.4 is 0 Å². The van der Waals surface area contributed by atoms with E-state index in [-0.39, 0.29) is 12.1 Å². The zero-order chi connectivity index (χ0) is 13.5. The maximum atomic E-state index is 11.9. The molecule has 104 valence electrons. The Bertz CT molecular complexity index is 391. The lowest BCUT2D eigenvalue weighted by atomic mass is 10.1. The number of hydrogen-bond acceptors (Lipinski definition) is 3. The largest absolute Gasteiger partial charge is 0.459 e. The summed E-state index contributed by atoms with van der Waals surface area (Å²) in [6, 6.07) is 7.68. The van der Waals surface area contributed by atoms with E-state index in [0.717, 1.165) is 38.7 Å². The quantitative estimate of drug-likeness (QED) is 0.763. The zero-order valence-corrected chi connectivity index (χ0v) is 11.6. The molecular formula is C16H22O3. The fourth-order valence-electron chi connectivity index (χ4n) is 2.29. The Morgan fingerprint density at radius 1 is 1.32 bits per heavy atom. The second kappa shape index (κ2) is 7.29. The highest BCUT2D eigenvalue weighted by molar-refractivity contribution is 5.89. The van der Waals surface area contributed by atoms with E-state index >= 15 is 0 Å². The number of esters is 1. The topological polar surface area (TPSA) is 35.5 Å². The fraction of sp³-hybridized carbons (Fsp3) is 0.562. The molecule has 3 nitrogen and oxygen atoms in total. The van der Waals surface area contributed by atoms with E-state index in [9.17, 15) is 4.79 Å². The van der Waals surface area contributed by atoms with Crippen LogP contribution in [0, 0.1) is 0 Å². The molecule has 1 fully saturated rings. The molecule has 19 heavy (non-hydrogen) atoms. The Morgan fingerprint density at radius 2 is 2.11 bits per heavy atom. The molecule has 1 aliphatic heterocycles. The summed E-state index contributed by atoms with van der Waals surface area (Å²) in [6.07, 6.45) is 5.51. The van der Waals surface area contributed by atoms with Crippen LogP contribution in [0.3, 0.4) is 0 Å². The van der Waals surface area contributed by atoms with Crippen molar-refractivity contribution in [3.05, 3.63) is 35.4 Å². The highest BCUT2D eigenvalue weighted by Crippen LogP contribution is 2.14. The van der Waals surface area contributed by atoms with Gasteiger partial charge in [0.05, 0.1) is 11.7 Å². The van der Waals surface area contributed by atoms with Gasteiger partial charge in [-0.3, -0.25) is 0 Å². The monoisotopic (exact) mass is 262 g/mol. The van der Waals surface area contributed by atoms with E-state index in [0.29, 0.717) is 12.2 Å². The van der Waals surface area contributed by atoms with Gasteiger partial charge in [0.15, 0.2) is 0 Å². The van der Waals surface area contributed by atoms with E-state index in [2.05, 4.69) is 6.92 Å². The van der Waals surface area contributed by atoms with Crippen molar-refractivity contribution in [2.75, 3.05) is 13.2 Å². The summed E-state index contributed by atoms with van der Waals surface area (Å²) >= 11 is 0. The third-order valence-corrected chi connectivity index (χ3v) is 3.40. The molecule has 2 rings (SSSR count). The van der Waals surface area contributed by atoms with Gasteiger partial charge >= 0.3 is 5.97 Å². The minimum absolute atomic E-state index is 0.0806. The molecule has 0 aromatic heterocycles. The Hall–Kier alpha value is -1.35. The normalized spacial score (nSPS) is 19.1. The number of aryl methyl sites for hydroxylation is 1. The van der Waals surface area contributed by atoms with Crippen molar-refractivity contribution in [3.63, 3.8) is 0 Å². The van der Waals surface area contributed by atoms with Crippen LogP contribution >= 0.6 is 0 Å². The average Bonchev–Trinajstić information content (AvgIpc) is 2.47. The summed E-state index contributed by atoms with van der Waals surface area (Å²) in [5.74, 6) is -0.253. The van der Waals surface area contributed by atoms with Gasteiger partial charge in [-0.15, -0.1) is 0 Å². The maximum Gasteiger partial charge on any atom is 0.338 e. The number of benzene rings is 1. The molecule has 1 atom stereocenters. The highest BCUT2D eigenvalue weighted by Gasteiger charge is 2.16. The number of carbonyl (C=O) groups is 1. The zero-order valence-electron chi connectivity index (χ0n) is 11.6. The second-order valence-electron chi connectivity index (χ2n) is 5.03. The fourth-order valence-corrected chi connectivity index (χ4v) is 2.29.